The van der Waals surface area contributed by atoms with Gasteiger partial charge in [-0.05, 0) is 0 Å². The molecular weight excluding hydrogens is 129 g/mol. The Balaban J connectivity index is 0. The van der Waals surface area contributed by atoms with Crippen LogP contribution >= 0.6 is 11.6 Å². The average molecular weight is 130 g/mol. The Bertz CT molecular complexity index is 56.0. The molecule has 0 saturated heterocycles. The highest BCUT2D eigenvalue weighted by Gasteiger charge is 1.83. The van der Waals surface area contributed by atoms with Gasteiger partial charge in [-0.3, -0.25) is 0 Å². The van der Waals surface area contributed by atoms with Gasteiger partial charge in [0.25, 0.3) is 0 Å². The summed E-state index contributed by atoms with van der Waals surface area (Å²) in [5.74, 6) is -2.69. The van der Waals surface area contributed by atoms with Crippen molar-refractivity contribution in [1.82, 2.24) is 0 Å². The van der Waals surface area contributed by atoms with Crippen LogP contribution < -0.4 is 0 Å². The third kappa shape index (κ3) is 312. The standard InChI is InChI=1S/CHClF2.CO2/c2-1(3)4;2-1-3/h1H;. The Morgan fingerprint density at radius 2 is 1.43 bits per heavy atom. The quantitative estimate of drug-likeness (QED) is 0.456. The maximum absolute atomic E-state index is 10.1. The van der Waals surface area contributed by atoms with Gasteiger partial charge in [-0.15, -0.1) is 0 Å². The van der Waals surface area contributed by atoms with Crippen LogP contribution in [0.15, 0.2) is 0 Å². The van der Waals surface area contributed by atoms with Crippen LogP contribution in [0.4, 0.5) is 8.78 Å². The van der Waals surface area contributed by atoms with Crippen LogP contribution in [0.5, 0.6) is 0 Å². The second-order valence-electron chi connectivity index (χ2n) is 0.331. The van der Waals surface area contributed by atoms with Gasteiger partial charge < -0.3 is 0 Å². The molecule has 0 aliphatic carbocycles. The number of alkyl halides is 3. The first-order valence-electron chi connectivity index (χ1n) is 1.06. The van der Waals surface area contributed by atoms with E-state index in [4.69, 9.17) is 9.59 Å². The molecule has 0 fully saturated rings. The zero-order valence-corrected chi connectivity index (χ0v) is 3.78. The van der Waals surface area contributed by atoms with Crippen LogP contribution in [-0.2, 0) is 9.59 Å². The van der Waals surface area contributed by atoms with E-state index in [9.17, 15) is 8.78 Å². The van der Waals surface area contributed by atoms with Crippen molar-refractivity contribution in [1.29, 1.82) is 0 Å². The zero-order valence-electron chi connectivity index (χ0n) is 3.03. The summed E-state index contributed by atoms with van der Waals surface area (Å²) < 4.78 is 20.2. The summed E-state index contributed by atoms with van der Waals surface area (Å²) in [7, 11) is 0. The number of hydrogen-bond acceptors (Lipinski definition) is 2. The predicted molar refractivity (Wildman–Crippen MR) is 16.9 cm³/mol. The fourth-order valence-corrected chi connectivity index (χ4v) is 0. The molecule has 2 nitrogen and oxygen atoms in total. The van der Waals surface area contributed by atoms with Crippen LogP contribution in [-0.4, -0.2) is 12.0 Å². The molecule has 0 heterocycles. The summed E-state index contributed by atoms with van der Waals surface area (Å²) in [6, 6.07) is 0. The maximum atomic E-state index is 10.1. The van der Waals surface area contributed by atoms with E-state index >= 15 is 0 Å². The molecule has 0 bridgehead atoms. The minimum atomic E-state index is -2.69. The van der Waals surface area contributed by atoms with E-state index in [0.717, 1.165) is 0 Å². The van der Waals surface area contributed by atoms with Crippen molar-refractivity contribution in [2.24, 2.45) is 0 Å². The Kier molecular flexibility index (Phi) is 12.7. The molecular formula is C2HClF2O2. The van der Waals surface area contributed by atoms with Gasteiger partial charge in [0.1, 0.15) is 0 Å². The summed E-state index contributed by atoms with van der Waals surface area (Å²) in [6.07, 6.45) is 0.250. The first kappa shape index (κ1) is 9.73. The molecule has 0 spiro atoms. The molecule has 0 aliphatic rings. The minimum absolute atomic E-state index is 0.250. The number of hydrogen-bond donors (Lipinski definition) is 0. The van der Waals surface area contributed by atoms with E-state index in [1.54, 1.807) is 0 Å². The number of carbonyl (C=O) groups excluding carboxylic acids is 2. The first-order chi connectivity index (χ1) is 3.15. The maximum Gasteiger partial charge on any atom is 0.373 e. The number of halogens is 3. The van der Waals surface area contributed by atoms with Crippen molar-refractivity contribution in [3.8, 4) is 0 Å². The lowest BCUT2D eigenvalue weighted by Crippen LogP contribution is -1.62. The molecule has 0 aliphatic heterocycles. The third-order valence-corrected chi connectivity index (χ3v) is 0. The fourth-order valence-electron chi connectivity index (χ4n) is 0. The minimum Gasteiger partial charge on any atom is -0.192 e. The van der Waals surface area contributed by atoms with Gasteiger partial charge in [0.05, 0.1) is 0 Å². The lowest BCUT2D eigenvalue weighted by atomic mass is 11.7. The molecule has 0 radical (unpaired) electrons. The van der Waals surface area contributed by atoms with Crippen LogP contribution in [0, 0.1) is 0 Å². The van der Waals surface area contributed by atoms with Gasteiger partial charge in [-0.25, -0.2) is 0 Å². The largest absolute Gasteiger partial charge is 0.373 e. The topological polar surface area (TPSA) is 34.1 Å². The number of rotatable bonds is 0. The summed E-state index contributed by atoms with van der Waals surface area (Å²) >= 11 is 3.94. The molecule has 7 heavy (non-hydrogen) atoms. The van der Waals surface area contributed by atoms with Crippen molar-refractivity contribution in [2.45, 2.75) is 5.88 Å². The summed E-state index contributed by atoms with van der Waals surface area (Å²) in [6.45, 7) is 0. The Morgan fingerprint density at radius 1 is 1.43 bits per heavy atom. The highest BCUT2D eigenvalue weighted by molar-refractivity contribution is 6.18. The monoisotopic (exact) mass is 130 g/mol. The van der Waals surface area contributed by atoms with E-state index in [1.165, 1.54) is 0 Å². The molecule has 0 saturated carbocycles. The predicted octanol–water partition coefficient (Wildman–Crippen LogP) is 0.864. The van der Waals surface area contributed by atoms with Crippen LogP contribution in [0.25, 0.3) is 0 Å². The van der Waals surface area contributed by atoms with Gasteiger partial charge in [-0.2, -0.15) is 18.4 Å². The smallest absolute Gasteiger partial charge is 0.192 e. The van der Waals surface area contributed by atoms with Crippen molar-refractivity contribution in [3.05, 3.63) is 0 Å². The summed E-state index contributed by atoms with van der Waals surface area (Å²) in [5, 5.41) is 0. The molecule has 0 atom stereocenters. The fraction of sp³-hybridized carbons (Fsp3) is 0.500. The highest BCUT2D eigenvalue weighted by Crippen LogP contribution is 1.93. The second-order valence-corrected chi connectivity index (χ2v) is 0.661. The summed E-state index contributed by atoms with van der Waals surface area (Å²) in [5.41, 5.74) is 0. The van der Waals surface area contributed by atoms with Gasteiger partial charge in [0.2, 0.25) is 0 Å². The second kappa shape index (κ2) is 9.11. The van der Waals surface area contributed by atoms with Gasteiger partial charge in [-0.1, -0.05) is 11.6 Å². The average Bonchev–Trinajstić information content (AvgIpc) is 1.33. The van der Waals surface area contributed by atoms with Gasteiger partial charge >= 0.3 is 12.0 Å². The van der Waals surface area contributed by atoms with Crippen molar-refractivity contribution < 1.29 is 18.4 Å². The first-order valence-corrected chi connectivity index (χ1v) is 1.50. The normalized spacial score (nSPS) is 6.29. The molecule has 0 aromatic rings. The van der Waals surface area contributed by atoms with Crippen LogP contribution in [0.1, 0.15) is 0 Å². The lowest BCUT2D eigenvalue weighted by molar-refractivity contribution is -0.191. The highest BCUT2D eigenvalue weighted by atomic mass is 35.5. The van der Waals surface area contributed by atoms with E-state index < -0.39 is 5.88 Å². The Morgan fingerprint density at radius 3 is 1.43 bits per heavy atom. The third-order valence-electron chi connectivity index (χ3n) is 0. The molecule has 0 N–H and O–H groups in total. The van der Waals surface area contributed by atoms with Crippen LogP contribution in [0.3, 0.4) is 0 Å². The van der Waals surface area contributed by atoms with Crippen molar-refractivity contribution in [2.75, 3.05) is 0 Å². The molecule has 42 valence electrons. The molecule has 0 aromatic heterocycles. The van der Waals surface area contributed by atoms with E-state index in [-0.39, 0.29) is 6.15 Å². The van der Waals surface area contributed by atoms with Gasteiger partial charge in [0, 0.05) is 0 Å². The molecule has 0 rings (SSSR count). The molecule has 0 unspecified atom stereocenters. The van der Waals surface area contributed by atoms with E-state index in [1.807, 2.05) is 0 Å². The Hall–Kier alpha value is -0.470. The Labute approximate surface area is 43.1 Å². The summed E-state index contributed by atoms with van der Waals surface area (Å²) in [4.78, 5) is 16.2. The van der Waals surface area contributed by atoms with E-state index in [0.29, 0.717) is 0 Å². The molecule has 0 amide bonds. The van der Waals surface area contributed by atoms with Crippen molar-refractivity contribution >= 4 is 17.8 Å². The molecule has 0 aromatic carbocycles. The SMILES string of the molecule is FC(F)Cl.O=C=O. The van der Waals surface area contributed by atoms with Crippen molar-refractivity contribution in [3.63, 3.8) is 0 Å². The van der Waals surface area contributed by atoms with Crippen LogP contribution in [0.2, 0.25) is 0 Å². The zero-order chi connectivity index (χ0) is 6.28. The lowest BCUT2D eigenvalue weighted by Gasteiger charge is -1.66. The van der Waals surface area contributed by atoms with E-state index in [2.05, 4.69) is 11.6 Å². The van der Waals surface area contributed by atoms with Gasteiger partial charge in [0.15, 0.2) is 0 Å². The molecule has 5 heteroatoms.